The van der Waals surface area contributed by atoms with Gasteiger partial charge in [-0.1, -0.05) is 31.4 Å². The lowest BCUT2D eigenvalue weighted by Gasteiger charge is -2.27. The molecule has 5 nitrogen and oxygen atoms in total. The first-order valence-corrected chi connectivity index (χ1v) is 7.65. The summed E-state index contributed by atoms with van der Waals surface area (Å²) in [7, 11) is 0. The van der Waals surface area contributed by atoms with E-state index in [0.29, 0.717) is 5.57 Å². The molecule has 0 radical (unpaired) electrons. The molecule has 1 aromatic carbocycles. The van der Waals surface area contributed by atoms with Crippen molar-refractivity contribution >= 4 is 17.8 Å². The van der Waals surface area contributed by atoms with E-state index in [0.717, 1.165) is 6.08 Å². The molecule has 0 N–H and O–H groups in total. The molecule has 1 aromatic rings. The fourth-order valence-corrected chi connectivity index (χ4v) is 2.48. The Morgan fingerprint density at radius 3 is 2.52 bits per heavy atom. The van der Waals surface area contributed by atoms with Gasteiger partial charge < -0.3 is 4.74 Å². The van der Waals surface area contributed by atoms with Crippen LogP contribution in [0.25, 0.3) is 6.08 Å². The van der Waals surface area contributed by atoms with E-state index in [-0.39, 0.29) is 29.1 Å². The molecular weight excluding hydrogens is 363 g/mol. The zero-order chi connectivity index (χ0) is 20.2. The Balaban J connectivity index is 2.43. The SMILES string of the molecule is C=C/C=C(\C=C)CC(=O)c1ccc2c(c1)C=C(C(=O)N=O)C(C(F)(F)F)O2. The standard InChI is InChI=1S/C19H14F3NO4/c1-3-5-11(4-2)8-15(24)12-6-7-16-13(9-12)10-14(18(25)23-26)17(27-16)19(20,21)22/h3-7,9-10,17H,1-2,8H2/b11-5+. The summed E-state index contributed by atoms with van der Waals surface area (Å²) in [6.07, 6.45) is -2.05. The number of hydrogen-bond donors (Lipinski definition) is 0. The number of allylic oxidation sites excluding steroid dienone is 4. The van der Waals surface area contributed by atoms with E-state index in [4.69, 9.17) is 4.74 Å². The van der Waals surface area contributed by atoms with Crippen molar-refractivity contribution in [3.05, 3.63) is 76.8 Å². The van der Waals surface area contributed by atoms with Gasteiger partial charge in [0.15, 0.2) is 5.78 Å². The molecule has 0 saturated carbocycles. The Morgan fingerprint density at radius 1 is 1.26 bits per heavy atom. The lowest BCUT2D eigenvalue weighted by molar-refractivity contribution is -0.185. The minimum atomic E-state index is -4.91. The number of nitroso groups, excluding NO2 is 1. The highest BCUT2D eigenvalue weighted by Crippen LogP contribution is 2.38. The van der Waals surface area contributed by atoms with Crippen molar-refractivity contribution in [1.82, 2.24) is 0 Å². The highest BCUT2D eigenvalue weighted by molar-refractivity contribution is 6.02. The van der Waals surface area contributed by atoms with Crippen LogP contribution in [0.1, 0.15) is 22.3 Å². The first-order chi connectivity index (χ1) is 12.7. The third-order valence-electron chi connectivity index (χ3n) is 3.76. The number of carbonyl (C=O) groups is 2. The van der Waals surface area contributed by atoms with Gasteiger partial charge in [0, 0.05) is 22.7 Å². The van der Waals surface area contributed by atoms with Crippen LogP contribution in [0.2, 0.25) is 0 Å². The molecule has 1 unspecified atom stereocenters. The Morgan fingerprint density at radius 2 is 1.96 bits per heavy atom. The minimum Gasteiger partial charge on any atom is -0.475 e. The van der Waals surface area contributed by atoms with Gasteiger partial charge in [0.1, 0.15) is 5.75 Å². The summed E-state index contributed by atoms with van der Waals surface area (Å²) in [5.41, 5.74) is -0.0615. The van der Waals surface area contributed by atoms with Gasteiger partial charge in [-0.15, -0.1) is 4.91 Å². The molecule has 140 valence electrons. The first-order valence-electron chi connectivity index (χ1n) is 7.65. The van der Waals surface area contributed by atoms with E-state index >= 15 is 0 Å². The van der Waals surface area contributed by atoms with Gasteiger partial charge in [0.25, 0.3) is 0 Å². The van der Waals surface area contributed by atoms with Crippen LogP contribution in [0.4, 0.5) is 13.2 Å². The average Bonchev–Trinajstić information content (AvgIpc) is 2.64. The summed E-state index contributed by atoms with van der Waals surface area (Å²) in [6.45, 7) is 7.11. The number of ether oxygens (including phenoxy) is 1. The first kappa shape index (κ1) is 20.0. The lowest BCUT2D eigenvalue weighted by atomic mass is 9.96. The normalized spacial score (nSPS) is 16.5. The molecule has 0 bridgehead atoms. The molecule has 0 spiro atoms. The van der Waals surface area contributed by atoms with Gasteiger partial charge >= 0.3 is 12.1 Å². The second-order valence-electron chi connectivity index (χ2n) is 5.57. The number of fused-ring (bicyclic) bond motifs is 1. The van der Waals surface area contributed by atoms with Crippen LogP contribution in [0.15, 0.2) is 65.9 Å². The monoisotopic (exact) mass is 377 g/mol. The van der Waals surface area contributed by atoms with Crippen LogP contribution >= 0.6 is 0 Å². The molecule has 0 fully saturated rings. The third-order valence-corrected chi connectivity index (χ3v) is 3.76. The summed E-state index contributed by atoms with van der Waals surface area (Å²) >= 11 is 0. The highest BCUT2D eigenvalue weighted by Gasteiger charge is 2.48. The largest absolute Gasteiger partial charge is 0.475 e. The van der Waals surface area contributed by atoms with Crippen LogP contribution < -0.4 is 4.74 Å². The quantitative estimate of drug-likeness (QED) is 0.414. The van der Waals surface area contributed by atoms with Crippen LogP contribution in [0.5, 0.6) is 5.75 Å². The summed E-state index contributed by atoms with van der Waals surface area (Å²) in [5, 5.41) is 2.05. The number of alkyl halides is 3. The van der Waals surface area contributed by atoms with E-state index in [1.165, 1.54) is 30.4 Å². The van der Waals surface area contributed by atoms with Crippen molar-refractivity contribution < 1.29 is 27.5 Å². The molecule has 1 aliphatic rings. The Kier molecular flexibility index (Phi) is 5.89. The molecule has 1 amide bonds. The topological polar surface area (TPSA) is 72.8 Å². The molecule has 27 heavy (non-hydrogen) atoms. The molecule has 0 aliphatic carbocycles. The molecule has 0 saturated heterocycles. The highest BCUT2D eigenvalue weighted by atomic mass is 19.4. The summed E-state index contributed by atoms with van der Waals surface area (Å²) in [4.78, 5) is 34.3. The number of ketones is 1. The second kappa shape index (κ2) is 7.94. The van der Waals surface area contributed by atoms with Gasteiger partial charge in [-0.3, -0.25) is 9.59 Å². The summed E-state index contributed by atoms with van der Waals surface area (Å²) < 4.78 is 44.2. The number of benzene rings is 1. The summed E-state index contributed by atoms with van der Waals surface area (Å²) in [5.74, 6) is -2.07. The predicted octanol–water partition coefficient (Wildman–Crippen LogP) is 4.56. The zero-order valence-electron chi connectivity index (χ0n) is 14.0. The molecule has 1 heterocycles. The average molecular weight is 377 g/mol. The fraction of sp³-hybridized carbons (Fsp3) is 0.158. The number of hydrogen-bond acceptors (Lipinski definition) is 4. The van der Waals surface area contributed by atoms with Crippen molar-refractivity contribution in [2.45, 2.75) is 18.7 Å². The smallest absolute Gasteiger partial charge is 0.429 e. The number of rotatable bonds is 6. The van der Waals surface area contributed by atoms with Crippen molar-refractivity contribution in [3.8, 4) is 5.75 Å². The molecule has 8 heteroatoms. The van der Waals surface area contributed by atoms with Crippen molar-refractivity contribution in [2.75, 3.05) is 0 Å². The van der Waals surface area contributed by atoms with Crippen LogP contribution in [-0.2, 0) is 4.79 Å². The van der Waals surface area contributed by atoms with Crippen molar-refractivity contribution in [2.24, 2.45) is 5.18 Å². The Labute approximate surface area is 152 Å². The molecular formula is C19H14F3NO4. The molecule has 1 atom stereocenters. The van der Waals surface area contributed by atoms with Gasteiger partial charge in [-0.2, -0.15) is 13.2 Å². The number of nitrogens with zero attached hydrogens (tertiary/aromatic N) is 1. The maximum Gasteiger partial charge on any atom is 0.429 e. The van der Waals surface area contributed by atoms with E-state index in [9.17, 15) is 27.7 Å². The summed E-state index contributed by atoms with van der Waals surface area (Å²) in [6, 6.07) is 3.82. The minimum absolute atomic E-state index is 0.00569. The van der Waals surface area contributed by atoms with Crippen LogP contribution in [-0.4, -0.2) is 24.0 Å². The maximum absolute atomic E-state index is 13.1. The Bertz CT molecular complexity index is 881. The van der Waals surface area contributed by atoms with Gasteiger partial charge in [-0.25, -0.2) is 0 Å². The second-order valence-corrected chi connectivity index (χ2v) is 5.57. The maximum atomic E-state index is 13.1. The molecule has 2 rings (SSSR count). The van der Waals surface area contributed by atoms with Crippen molar-refractivity contribution in [3.63, 3.8) is 0 Å². The number of amides is 1. The fourth-order valence-electron chi connectivity index (χ4n) is 2.48. The van der Waals surface area contributed by atoms with Gasteiger partial charge in [-0.05, 0) is 29.8 Å². The Hall–Kier alpha value is -3.29. The third kappa shape index (κ3) is 4.46. The predicted molar refractivity (Wildman–Crippen MR) is 93.1 cm³/mol. The molecule has 1 aliphatic heterocycles. The number of halogens is 3. The van der Waals surface area contributed by atoms with E-state index in [1.807, 2.05) is 5.18 Å². The van der Waals surface area contributed by atoms with Crippen LogP contribution in [0.3, 0.4) is 0 Å². The number of Topliss-reactive ketones (excluding diaryl/α,β-unsaturated/α-hetero) is 1. The van der Waals surface area contributed by atoms with Gasteiger partial charge in [0.2, 0.25) is 6.10 Å². The lowest BCUT2D eigenvalue weighted by Crippen LogP contribution is -2.40. The van der Waals surface area contributed by atoms with Gasteiger partial charge in [0.05, 0.1) is 5.57 Å². The number of carbonyl (C=O) groups excluding carboxylic acids is 2. The van der Waals surface area contributed by atoms with E-state index in [2.05, 4.69) is 13.2 Å². The zero-order valence-corrected chi connectivity index (χ0v) is 14.0. The van der Waals surface area contributed by atoms with Crippen LogP contribution in [0, 0.1) is 4.91 Å². The van der Waals surface area contributed by atoms with E-state index in [1.54, 1.807) is 6.08 Å². The molecule has 0 aromatic heterocycles. The van der Waals surface area contributed by atoms with E-state index < -0.39 is 23.8 Å². The van der Waals surface area contributed by atoms with Crippen molar-refractivity contribution in [1.29, 1.82) is 0 Å².